The summed E-state index contributed by atoms with van der Waals surface area (Å²) in [5, 5.41) is 20.3. The Labute approximate surface area is 132 Å². The first-order valence-corrected chi connectivity index (χ1v) is 6.94. The van der Waals surface area contributed by atoms with E-state index >= 15 is 0 Å². The third-order valence-electron chi connectivity index (χ3n) is 3.34. The number of hydrogen-bond acceptors (Lipinski definition) is 4. The molecule has 0 aliphatic heterocycles. The second kappa shape index (κ2) is 6.19. The highest BCUT2D eigenvalue weighted by Gasteiger charge is 2.14. The van der Waals surface area contributed by atoms with Crippen LogP contribution in [0.25, 0.3) is 11.1 Å². The van der Waals surface area contributed by atoms with Crippen LogP contribution >= 0.6 is 0 Å². The Morgan fingerprint density at radius 1 is 0.826 bits per heavy atom. The number of para-hydroxylation sites is 2. The second-order valence-corrected chi connectivity index (χ2v) is 4.90. The Morgan fingerprint density at radius 2 is 1.39 bits per heavy atom. The van der Waals surface area contributed by atoms with E-state index in [9.17, 15) is 15.2 Å². The molecule has 0 unspecified atom stereocenters. The van der Waals surface area contributed by atoms with E-state index < -0.39 is 4.92 Å². The molecule has 114 valence electrons. The molecule has 23 heavy (non-hydrogen) atoms. The first-order valence-electron chi connectivity index (χ1n) is 6.94. The minimum atomic E-state index is -0.472. The summed E-state index contributed by atoms with van der Waals surface area (Å²) < 4.78 is 5.60. The van der Waals surface area contributed by atoms with E-state index in [-0.39, 0.29) is 17.2 Å². The maximum atomic E-state index is 11.0. The van der Waals surface area contributed by atoms with Crippen LogP contribution in [0, 0.1) is 10.1 Å². The molecule has 5 heteroatoms. The topological polar surface area (TPSA) is 72.6 Å². The van der Waals surface area contributed by atoms with Crippen LogP contribution in [0.3, 0.4) is 0 Å². The minimum absolute atomic E-state index is 0.0740. The molecule has 0 bridgehead atoms. The van der Waals surface area contributed by atoms with Crippen molar-refractivity contribution in [2.75, 3.05) is 0 Å². The fourth-order valence-corrected chi connectivity index (χ4v) is 2.19. The maximum Gasteiger partial charge on any atom is 0.311 e. The summed E-state index contributed by atoms with van der Waals surface area (Å²) in [7, 11) is 0. The predicted molar refractivity (Wildman–Crippen MR) is 86.7 cm³/mol. The van der Waals surface area contributed by atoms with Gasteiger partial charge < -0.3 is 9.84 Å². The molecule has 0 radical (unpaired) electrons. The van der Waals surface area contributed by atoms with Crippen molar-refractivity contribution in [2.45, 2.75) is 0 Å². The fraction of sp³-hybridized carbons (Fsp3) is 0. The number of nitro groups is 1. The highest BCUT2D eigenvalue weighted by Crippen LogP contribution is 2.32. The van der Waals surface area contributed by atoms with Crippen molar-refractivity contribution in [3.63, 3.8) is 0 Å². The highest BCUT2D eigenvalue weighted by molar-refractivity contribution is 5.65. The first kappa shape index (κ1) is 14.6. The lowest BCUT2D eigenvalue weighted by Crippen LogP contribution is -1.92. The van der Waals surface area contributed by atoms with Gasteiger partial charge in [0.2, 0.25) is 5.75 Å². The maximum absolute atomic E-state index is 11.0. The Morgan fingerprint density at radius 3 is 2.00 bits per heavy atom. The van der Waals surface area contributed by atoms with E-state index in [4.69, 9.17) is 4.74 Å². The first-order chi connectivity index (χ1) is 11.1. The summed E-state index contributed by atoms with van der Waals surface area (Å²) in [5.74, 6) is 0.932. The number of ether oxygens (including phenoxy) is 1. The molecule has 0 aliphatic carbocycles. The lowest BCUT2D eigenvalue weighted by Gasteiger charge is -2.07. The van der Waals surface area contributed by atoms with Crippen LogP contribution in [-0.2, 0) is 0 Å². The Balaban J connectivity index is 1.83. The van der Waals surface area contributed by atoms with Crippen molar-refractivity contribution < 1.29 is 14.8 Å². The average molecular weight is 307 g/mol. The summed E-state index contributed by atoms with van der Waals surface area (Å²) in [4.78, 5) is 10.5. The molecule has 0 saturated carbocycles. The molecule has 0 spiro atoms. The van der Waals surface area contributed by atoms with Crippen molar-refractivity contribution in [1.29, 1.82) is 0 Å². The lowest BCUT2D eigenvalue weighted by molar-refractivity contribution is -0.385. The molecule has 3 rings (SSSR count). The molecule has 5 nitrogen and oxygen atoms in total. The second-order valence-electron chi connectivity index (χ2n) is 4.90. The summed E-state index contributed by atoms with van der Waals surface area (Å²) in [6.07, 6.45) is 0. The third-order valence-corrected chi connectivity index (χ3v) is 3.34. The minimum Gasteiger partial charge on any atom is -0.508 e. The van der Waals surface area contributed by atoms with E-state index in [1.807, 2.05) is 24.3 Å². The van der Waals surface area contributed by atoms with Gasteiger partial charge in [-0.2, -0.15) is 0 Å². The Bertz CT molecular complexity index is 826. The normalized spacial score (nSPS) is 10.3. The molecular weight excluding hydrogens is 294 g/mol. The molecular formula is C18H13NO4. The molecule has 0 saturated heterocycles. The molecule has 0 aliphatic rings. The molecule has 0 fully saturated rings. The van der Waals surface area contributed by atoms with Gasteiger partial charge in [-0.05, 0) is 41.5 Å². The van der Waals surface area contributed by atoms with Crippen molar-refractivity contribution in [3.05, 3.63) is 82.9 Å². The van der Waals surface area contributed by atoms with E-state index in [2.05, 4.69) is 0 Å². The van der Waals surface area contributed by atoms with Crippen LogP contribution in [0.1, 0.15) is 0 Å². The van der Waals surface area contributed by atoms with E-state index in [1.54, 1.807) is 42.5 Å². The van der Waals surface area contributed by atoms with Crippen molar-refractivity contribution in [1.82, 2.24) is 0 Å². The van der Waals surface area contributed by atoms with Crippen molar-refractivity contribution in [2.24, 2.45) is 0 Å². The largest absolute Gasteiger partial charge is 0.508 e. The summed E-state index contributed by atoms with van der Waals surface area (Å²) >= 11 is 0. The highest BCUT2D eigenvalue weighted by atomic mass is 16.6. The van der Waals surface area contributed by atoms with Gasteiger partial charge in [-0.1, -0.05) is 36.4 Å². The Kier molecular flexibility index (Phi) is 3.93. The van der Waals surface area contributed by atoms with Gasteiger partial charge in [0, 0.05) is 6.07 Å². The zero-order valence-corrected chi connectivity index (χ0v) is 12.0. The SMILES string of the molecule is O=[N+]([O-])c1ccccc1Oc1ccc(-c2ccc(O)cc2)cc1. The molecule has 0 atom stereocenters. The van der Waals surface area contributed by atoms with Crippen LogP contribution in [0.15, 0.2) is 72.8 Å². The number of rotatable bonds is 4. The van der Waals surface area contributed by atoms with Gasteiger partial charge in [-0.25, -0.2) is 0 Å². The predicted octanol–water partition coefficient (Wildman–Crippen LogP) is 4.76. The van der Waals surface area contributed by atoms with Crippen LogP contribution in [-0.4, -0.2) is 10.0 Å². The van der Waals surface area contributed by atoms with Gasteiger partial charge in [0.05, 0.1) is 4.92 Å². The smallest absolute Gasteiger partial charge is 0.311 e. The monoisotopic (exact) mass is 307 g/mol. The van der Waals surface area contributed by atoms with E-state index in [0.29, 0.717) is 5.75 Å². The van der Waals surface area contributed by atoms with Crippen LogP contribution in [0.4, 0.5) is 5.69 Å². The molecule has 3 aromatic carbocycles. The van der Waals surface area contributed by atoms with E-state index in [1.165, 1.54) is 6.07 Å². The Hall–Kier alpha value is -3.34. The number of aromatic hydroxyl groups is 1. The number of nitrogens with zero attached hydrogens (tertiary/aromatic N) is 1. The van der Waals surface area contributed by atoms with Crippen LogP contribution in [0.2, 0.25) is 0 Å². The van der Waals surface area contributed by atoms with Crippen LogP contribution < -0.4 is 4.74 Å². The zero-order chi connectivity index (χ0) is 16.2. The number of phenols is 1. The molecule has 0 amide bonds. The van der Waals surface area contributed by atoms with Gasteiger partial charge in [-0.15, -0.1) is 0 Å². The van der Waals surface area contributed by atoms with Crippen molar-refractivity contribution in [3.8, 4) is 28.4 Å². The summed E-state index contributed by atoms with van der Waals surface area (Å²) in [6.45, 7) is 0. The van der Waals surface area contributed by atoms with Gasteiger partial charge in [0.25, 0.3) is 0 Å². The molecule has 3 aromatic rings. The van der Waals surface area contributed by atoms with Gasteiger partial charge in [0.1, 0.15) is 11.5 Å². The van der Waals surface area contributed by atoms with Gasteiger partial charge in [-0.3, -0.25) is 10.1 Å². The molecule has 0 heterocycles. The van der Waals surface area contributed by atoms with Gasteiger partial charge >= 0.3 is 5.69 Å². The average Bonchev–Trinajstić information content (AvgIpc) is 2.57. The molecule has 0 aromatic heterocycles. The quantitative estimate of drug-likeness (QED) is 0.557. The zero-order valence-electron chi connectivity index (χ0n) is 12.0. The number of hydrogen-bond donors (Lipinski definition) is 1. The third kappa shape index (κ3) is 3.29. The number of phenolic OH excluding ortho intramolecular Hbond substituents is 1. The lowest BCUT2D eigenvalue weighted by atomic mass is 10.1. The summed E-state index contributed by atoms with van der Waals surface area (Å²) in [5.41, 5.74) is 1.84. The standard InChI is InChI=1S/C18H13NO4/c20-15-9-5-13(6-10-15)14-7-11-16(12-8-14)23-18-4-2-1-3-17(18)19(21)22/h1-12,20H. The number of benzene rings is 3. The van der Waals surface area contributed by atoms with Crippen LogP contribution in [0.5, 0.6) is 17.2 Å². The van der Waals surface area contributed by atoms with Crippen molar-refractivity contribution >= 4 is 5.69 Å². The fourth-order valence-electron chi connectivity index (χ4n) is 2.19. The van der Waals surface area contributed by atoms with Gasteiger partial charge in [0.15, 0.2) is 0 Å². The summed E-state index contributed by atoms with van der Waals surface area (Å²) in [6, 6.07) is 20.3. The van der Waals surface area contributed by atoms with E-state index in [0.717, 1.165) is 11.1 Å². The molecule has 1 N–H and O–H groups in total. The number of nitro benzene ring substituents is 1.